The predicted molar refractivity (Wildman–Crippen MR) is 108 cm³/mol. The fourth-order valence-electron chi connectivity index (χ4n) is 4.35. The number of phenols is 2. The quantitative estimate of drug-likeness (QED) is 0.489. The lowest BCUT2D eigenvalue weighted by molar-refractivity contribution is -0.164. The number of carbonyl (C=O) groups is 1. The molecule has 1 fully saturated rings. The minimum absolute atomic E-state index is 0.00886. The second kappa shape index (κ2) is 8.12. The molecule has 0 spiro atoms. The van der Waals surface area contributed by atoms with Gasteiger partial charge in [-0.15, -0.1) is 0 Å². The number of rotatable bonds is 6. The van der Waals surface area contributed by atoms with Crippen LogP contribution in [0.2, 0.25) is 0 Å². The van der Waals surface area contributed by atoms with E-state index in [-0.39, 0.29) is 34.9 Å². The topological polar surface area (TPSA) is 66.8 Å². The smallest absolute Gasteiger partial charge is 0.311 e. The van der Waals surface area contributed by atoms with Crippen LogP contribution in [-0.2, 0) is 9.53 Å². The summed E-state index contributed by atoms with van der Waals surface area (Å²) in [5, 5.41) is 19.4. The Kier molecular flexibility index (Phi) is 6.49. The van der Waals surface area contributed by atoms with Gasteiger partial charge in [0.15, 0.2) is 11.5 Å². The molecular weight excluding hydrogens is 340 g/mol. The van der Waals surface area contributed by atoms with Gasteiger partial charge in [0.2, 0.25) is 0 Å². The Labute approximate surface area is 163 Å². The van der Waals surface area contributed by atoms with E-state index in [0.29, 0.717) is 12.3 Å². The summed E-state index contributed by atoms with van der Waals surface area (Å²) in [5.74, 6) is 0.145. The summed E-state index contributed by atoms with van der Waals surface area (Å²) in [4.78, 5) is 13.0. The Morgan fingerprint density at radius 2 is 1.81 bits per heavy atom. The number of esters is 1. The van der Waals surface area contributed by atoms with Gasteiger partial charge < -0.3 is 14.9 Å². The van der Waals surface area contributed by atoms with E-state index >= 15 is 0 Å². The minimum atomic E-state index is -0.612. The molecule has 2 N–H and O–H groups in total. The molecule has 0 aliphatic heterocycles. The molecular formula is C23H36O4. The third kappa shape index (κ3) is 5.18. The van der Waals surface area contributed by atoms with Crippen molar-refractivity contribution in [1.82, 2.24) is 0 Å². The number of ether oxygens (including phenoxy) is 1. The van der Waals surface area contributed by atoms with Gasteiger partial charge in [0, 0.05) is 5.92 Å². The van der Waals surface area contributed by atoms with E-state index < -0.39 is 5.41 Å². The third-order valence-electron chi connectivity index (χ3n) is 6.10. The zero-order valence-corrected chi connectivity index (χ0v) is 17.7. The van der Waals surface area contributed by atoms with Crippen LogP contribution in [-0.4, -0.2) is 22.3 Å². The van der Waals surface area contributed by atoms with Crippen LogP contribution in [0.5, 0.6) is 11.5 Å². The standard InChI is InChI=1S/C23H36O4/c1-7-15(16-11-12-18(24)19(25)13-16)14-23(5,6)21(26)27-20-10-8-9-17(20)22(2,3)4/h11-13,15,17,20,24-25H,7-10,14H2,1-6H3. The monoisotopic (exact) mass is 376 g/mol. The summed E-state index contributed by atoms with van der Waals surface area (Å²) in [6.45, 7) is 12.6. The minimum Gasteiger partial charge on any atom is -0.504 e. The van der Waals surface area contributed by atoms with Crippen LogP contribution in [0.4, 0.5) is 0 Å². The lowest BCUT2D eigenvalue weighted by Gasteiger charge is -2.34. The highest BCUT2D eigenvalue weighted by atomic mass is 16.5. The van der Waals surface area contributed by atoms with Gasteiger partial charge >= 0.3 is 5.97 Å². The molecule has 27 heavy (non-hydrogen) atoms. The van der Waals surface area contributed by atoms with Crippen molar-refractivity contribution in [3.63, 3.8) is 0 Å². The second-order valence-electron chi connectivity index (χ2n) is 9.79. The molecule has 0 bridgehead atoms. The van der Waals surface area contributed by atoms with E-state index in [1.54, 1.807) is 6.07 Å². The molecule has 0 aromatic heterocycles. The first-order chi connectivity index (χ1) is 12.5. The van der Waals surface area contributed by atoms with E-state index in [2.05, 4.69) is 27.7 Å². The van der Waals surface area contributed by atoms with Crippen molar-refractivity contribution in [2.45, 2.75) is 85.7 Å². The van der Waals surface area contributed by atoms with Gasteiger partial charge in [0.25, 0.3) is 0 Å². The molecule has 2 rings (SSSR count). The molecule has 1 aliphatic carbocycles. The molecule has 4 nitrogen and oxygen atoms in total. The highest BCUT2D eigenvalue weighted by Gasteiger charge is 2.41. The molecule has 0 heterocycles. The van der Waals surface area contributed by atoms with Crippen molar-refractivity contribution < 1.29 is 19.7 Å². The van der Waals surface area contributed by atoms with E-state index in [1.165, 1.54) is 6.07 Å². The molecule has 0 amide bonds. The summed E-state index contributed by atoms with van der Waals surface area (Å²) >= 11 is 0. The number of phenolic OH excluding ortho intramolecular Hbond substituents is 2. The summed E-state index contributed by atoms with van der Waals surface area (Å²) < 4.78 is 6.01. The third-order valence-corrected chi connectivity index (χ3v) is 6.10. The van der Waals surface area contributed by atoms with Crippen molar-refractivity contribution >= 4 is 5.97 Å². The average Bonchev–Trinajstić information content (AvgIpc) is 3.03. The molecule has 3 atom stereocenters. The van der Waals surface area contributed by atoms with E-state index in [9.17, 15) is 15.0 Å². The summed E-state index contributed by atoms with van der Waals surface area (Å²) in [7, 11) is 0. The Bertz CT molecular complexity index is 657. The van der Waals surface area contributed by atoms with Crippen LogP contribution >= 0.6 is 0 Å². The maximum atomic E-state index is 13.0. The summed E-state index contributed by atoms with van der Waals surface area (Å²) in [6.07, 6.45) is 4.67. The molecule has 152 valence electrons. The van der Waals surface area contributed by atoms with Crippen molar-refractivity contribution in [2.75, 3.05) is 0 Å². The van der Waals surface area contributed by atoms with Gasteiger partial charge in [-0.25, -0.2) is 0 Å². The van der Waals surface area contributed by atoms with Crippen molar-refractivity contribution in [2.24, 2.45) is 16.7 Å². The number of aromatic hydroxyl groups is 2. The highest BCUT2D eigenvalue weighted by molar-refractivity contribution is 5.76. The molecule has 1 aromatic rings. The zero-order valence-electron chi connectivity index (χ0n) is 17.7. The van der Waals surface area contributed by atoms with Gasteiger partial charge in [0.05, 0.1) is 5.41 Å². The van der Waals surface area contributed by atoms with E-state index in [1.807, 2.05) is 19.9 Å². The molecule has 3 unspecified atom stereocenters. The SMILES string of the molecule is CCC(CC(C)(C)C(=O)OC1CCCC1C(C)(C)C)c1ccc(O)c(O)c1. The lowest BCUT2D eigenvalue weighted by atomic mass is 9.77. The predicted octanol–water partition coefficient (Wildman–Crippen LogP) is 5.77. The van der Waals surface area contributed by atoms with Crippen LogP contribution in [0.3, 0.4) is 0 Å². The highest BCUT2D eigenvalue weighted by Crippen LogP contribution is 2.43. The molecule has 1 saturated carbocycles. The first kappa shape index (κ1) is 21.6. The van der Waals surface area contributed by atoms with Gasteiger partial charge in [0.1, 0.15) is 6.10 Å². The number of hydrogen-bond acceptors (Lipinski definition) is 4. The van der Waals surface area contributed by atoms with Crippen LogP contribution in [0, 0.1) is 16.7 Å². The molecule has 4 heteroatoms. The Morgan fingerprint density at radius 1 is 1.15 bits per heavy atom. The molecule has 1 aliphatic rings. The van der Waals surface area contributed by atoms with Gasteiger partial charge in [-0.2, -0.15) is 0 Å². The van der Waals surface area contributed by atoms with Crippen molar-refractivity contribution in [3.05, 3.63) is 23.8 Å². The van der Waals surface area contributed by atoms with Crippen LogP contribution in [0.1, 0.15) is 85.1 Å². The van der Waals surface area contributed by atoms with E-state index in [4.69, 9.17) is 4.74 Å². The van der Waals surface area contributed by atoms with Gasteiger partial charge in [-0.3, -0.25) is 4.79 Å². The van der Waals surface area contributed by atoms with E-state index in [0.717, 1.165) is 31.2 Å². The first-order valence-electron chi connectivity index (χ1n) is 10.2. The number of benzene rings is 1. The fraction of sp³-hybridized carbons (Fsp3) is 0.696. The zero-order chi connectivity index (χ0) is 20.4. The average molecular weight is 377 g/mol. The maximum absolute atomic E-state index is 13.0. The number of hydrogen-bond donors (Lipinski definition) is 2. The normalized spacial score (nSPS) is 21.9. The van der Waals surface area contributed by atoms with Gasteiger partial charge in [-0.1, -0.05) is 33.8 Å². The maximum Gasteiger partial charge on any atom is 0.311 e. The first-order valence-corrected chi connectivity index (χ1v) is 10.2. The van der Waals surface area contributed by atoms with Crippen molar-refractivity contribution in [1.29, 1.82) is 0 Å². The Morgan fingerprint density at radius 3 is 2.37 bits per heavy atom. The summed E-state index contributed by atoms with van der Waals surface area (Å²) in [5.41, 5.74) is 0.461. The molecule has 0 saturated heterocycles. The Balaban J connectivity index is 2.09. The van der Waals surface area contributed by atoms with Crippen LogP contribution < -0.4 is 0 Å². The Hall–Kier alpha value is -1.71. The summed E-state index contributed by atoms with van der Waals surface area (Å²) in [6, 6.07) is 4.92. The van der Waals surface area contributed by atoms with Crippen LogP contribution in [0.15, 0.2) is 18.2 Å². The van der Waals surface area contributed by atoms with Gasteiger partial charge in [-0.05, 0) is 75.0 Å². The largest absolute Gasteiger partial charge is 0.504 e. The lowest BCUT2D eigenvalue weighted by Crippen LogP contribution is -2.36. The molecule has 1 aromatic carbocycles. The molecule has 0 radical (unpaired) electrons. The second-order valence-corrected chi connectivity index (χ2v) is 9.79. The van der Waals surface area contributed by atoms with Crippen LogP contribution in [0.25, 0.3) is 0 Å². The number of carbonyl (C=O) groups excluding carboxylic acids is 1. The fourth-order valence-corrected chi connectivity index (χ4v) is 4.35. The van der Waals surface area contributed by atoms with Crippen molar-refractivity contribution in [3.8, 4) is 11.5 Å².